The first-order valence-electron chi connectivity index (χ1n) is 5.95. The van der Waals surface area contributed by atoms with Crippen LogP contribution in [-0.4, -0.2) is 41.4 Å². The summed E-state index contributed by atoms with van der Waals surface area (Å²) in [5.41, 5.74) is -0.160. The summed E-state index contributed by atoms with van der Waals surface area (Å²) in [5, 5.41) is 14.5. The lowest BCUT2D eigenvalue weighted by Crippen LogP contribution is -2.51. The number of carbonyl (C=O) groups excluding carboxylic acids is 1. The van der Waals surface area contributed by atoms with Gasteiger partial charge in [-0.25, -0.2) is 0 Å². The molecule has 0 bridgehead atoms. The maximum atomic E-state index is 12.3. The molecule has 1 aromatic rings. The molecule has 0 radical (unpaired) electrons. The van der Waals surface area contributed by atoms with E-state index in [4.69, 9.17) is 11.6 Å². The van der Waals surface area contributed by atoms with Crippen molar-refractivity contribution >= 4 is 23.2 Å². The van der Waals surface area contributed by atoms with E-state index >= 15 is 0 Å². The molecule has 1 heterocycles. The van der Waals surface area contributed by atoms with E-state index in [9.17, 15) is 14.9 Å². The molecule has 1 aromatic carbocycles. The van der Waals surface area contributed by atoms with E-state index in [1.54, 1.807) is 4.90 Å². The van der Waals surface area contributed by atoms with Gasteiger partial charge in [-0.1, -0.05) is 11.6 Å². The molecule has 1 unspecified atom stereocenters. The first-order chi connectivity index (χ1) is 8.99. The van der Waals surface area contributed by atoms with Crippen molar-refractivity contribution in [2.75, 3.05) is 19.6 Å². The van der Waals surface area contributed by atoms with Crippen molar-refractivity contribution in [1.82, 2.24) is 10.2 Å². The van der Waals surface area contributed by atoms with Crippen LogP contribution < -0.4 is 5.32 Å². The number of rotatable bonds is 2. The highest BCUT2D eigenvalue weighted by atomic mass is 35.5. The van der Waals surface area contributed by atoms with Crippen LogP contribution in [0.5, 0.6) is 0 Å². The van der Waals surface area contributed by atoms with Gasteiger partial charge in [0.15, 0.2) is 0 Å². The first kappa shape index (κ1) is 13.8. The third-order valence-electron chi connectivity index (χ3n) is 3.04. The van der Waals surface area contributed by atoms with E-state index < -0.39 is 4.92 Å². The molecule has 19 heavy (non-hydrogen) atoms. The van der Waals surface area contributed by atoms with Crippen molar-refractivity contribution < 1.29 is 9.72 Å². The lowest BCUT2D eigenvalue weighted by Gasteiger charge is -2.31. The molecule has 1 aliphatic rings. The maximum absolute atomic E-state index is 12.3. The lowest BCUT2D eigenvalue weighted by molar-refractivity contribution is -0.385. The highest BCUT2D eigenvalue weighted by Gasteiger charge is 2.27. The third-order valence-corrected chi connectivity index (χ3v) is 3.28. The summed E-state index contributed by atoms with van der Waals surface area (Å²) in [4.78, 5) is 24.4. The van der Waals surface area contributed by atoms with Gasteiger partial charge in [-0.05, 0) is 19.1 Å². The fourth-order valence-electron chi connectivity index (χ4n) is 2.12. The van der Waals surface area contributed by atoms with Crippen LogP contribution in [0.2, 0.25) is 5.02 Å². The van der Waals surface area contributed by atoms with Crippen molar-refractivity contribution in [3.05, 3.63) is 38.9 Å². The van der Waals surface area contributed by atoms with E-state index in [0.717, 1.165) is 0 Å². The lowest BCUT2D eigenvalue weighted by atomic mass is 10.1. The van der Waals surface area contributed by atoms with Gasteiger partial charge in [0.1, 0.15) is 5.56 Å². The normalized spacial score (nSPS) is 19.3. The Morgan fingerprint density at radius 1 is 1.58 bits per heavy atom. The Hall–Kier alpha value is -1.66. The second-order valence-electron chi connectivity index (χ2n) is 4.52. The molecule has 0 spiro atoms. The molecule has 102 valence electrons. The van der Waals surface area contributed by atoms with Crippen LogP contribution in [0.15, 0.2) is 18.2 Å². The van der Waals surface area contributed by atoms with Gasteiger partial charge in [0.2, 0.25) is 0 Å². The van der Waals surface area contributed by atoms with Gasteiger partial charge in [0, 0.05) is 36.8 Å². The van der Waals surface area contributed by atoms with Gasteiger partial charge >= 0.3 is 0 Å². The van der Waals surface area contributed by atoms with Crippen molar-refractivity contribution in [1.29, 1.82) is 0 Å². The summed E-state index contributed by atoms with van der Waals surface area (Å²) in [6, 6.07) is 4.30. The summed E-state index contributed by atoms with van der Waals surface area (Å²) in [6.07, 6.45) is 0. The number of carbonyl (C=O) groups is 1. The predicted octanol–water partition coefficient (Wildman–Crippen LogP) is 1.68. The molecule has 1 N–H and O–H groups in total. The minimum atomic E-state index is -0.579. The molecule has 7 heteroatoms. The standard InChI is InChI=1S/C12H14ClN3O3/c1-8-7-15(5-4-14-8)12(17)10-3-2-9(13)6-11(10)16(18)19/h2-3,6,8,14H,4-5,7H2,1H3. The largest absolute Gasteiger partial charge is 0.336 e. The first-order valence-corrected chi connectivity index (χ1v) is 6.33. The minimum Gasteiger partial charge on any atom is -0.336 e. The Balaban J connectivity index is 2.30. The molecule has 2 rings (SSSR count). The van der Waals surface area contributed by atoms with Crippen LogP contribution >= 0.6 is 11.6 Å². The summed E-state index contributed by atoms with van der Waals surface area (Å²) in [5.74, 6) is -0.322. The van der Waals surface area contributed by atoms with Gasteiger partial charge in [-0.2, -0.15) is 0 Å². The fraction of sp³-hybridized carbons (Fsp3) is 0.417. The number of nitrogens with zero attached hydrogens (tertiary/aromatic N) is 2. The smallest absolute Gasteiger partial charge is 0.283 e. The highest BCUT2D eigenvalue weighted by molar-refractivity contribution is 6.31. The van der Waals surface area contributed by atoms with Crippen LogP contribution in [0.3, 0.4) is 0 Å². The summed E-state index contributed by atoms with van der Waals surface area (Å²) < 4.78 is 0. The van der Waals surface area contributed by atoms with E-state index in [0.29, 0.717) is 19.6 Å². The summed E-state index contributed by atoms with van der Waals surface area (Å²) >= 11 is 5.74. The van der Waals surface area contributed by atoms with E-state index in [-0.39, 0.29) is 28.2 Å². The number of hydrogen-bond donors (Lipinski definition) is 1. The van der Waals surface area contributed by atoms with Crippen LogP contribution in [0.4, 0.5) is 5.69 Å². The quantitative estimate of drug-likeness (QED) is 0.662. The maximum Gasteiger partial charge on any atom is 0.283 e. The second kappa shape index (κ2) is 5.54. The SMILES string of the molecule is CC1CN(C(=O)c2ccc(Cl)cc2[N+](=O)[O-])CCN1. The highest BCUT2D eigenvalue weighted by Crippen LogP contribution is 2.24. The van der Waals surface area contributed by atoms with Crippen molar-refractivity contribution in [2.24, 2.45) is 0 Å². The fourth-order valence-corrected chi connectivity index (χ4v) is 2.29. The molecule has 0 aromatic heterocycles. The predicted molar refractivity (Wildman–Crippen MR) is 71.5 cm³/mol. The van der Waals surface area contributed by atoms with Crippen molar-refractivity contribution in [3.8, 4) is 0 Å². The number of nitro benzene ring substituents is 1. The number of halogens is 1. The van der Waals surface area contributed by atoms with E-state index in [1.807, 2.05) is 6.92 Å². The topological polar surface area (TPSA) is 75.5 Å². The Kier molecular flexibility index (Phi) is 4.01. The third kappa shape index (κ3) is 3.02. The van der Waals surface area contributed by atoms with E-state index in [2.05, 4.69) is 5.32 Å². The van der Waals surface area contributed by atoms with E-state index in [1.165, 1.54) is 18.2 Å². The molecule has 1 saturated heterocycles. The Morgan fingerprint density at radius 2 is 2.32 bits per heavy atom. The van der Waals surface area contributed by atoms with Crippen molar-refractivity contribution in [3.63, 3.8) is 0 Å². The molecule has 6 nitrogen and oxygen atoms in total. The number of piperazine rings is 1. The molecule has 1 amide bonds. The zero-order valence-electron chi connectivity index (χ0n) is 10.4. The molecule has 1 aliphatic heterocycles. The number of amides is 1. The number of benzene rings is 1. The van der Waals surface area contributed by atoms with Crippen LogP contribution in [0, 0.1) is 10.1 Å². The summed E-state index contributed by atoms with van der Waals surface area (Å²) in [6.45, 7) is 3.74. The molecule has 0 saturated carbocycles. The Morgan fingerprint density at radius 3 is 2.95 bits per heavy atom. The molecule has 1 fully saturated rings. The zero-order chi connectivity index (χ0) is 14.0. The van der Waals surface area contributed by atoms with Crippen LogP contribution in [-0.2, 0) is 0 Å². The van der Waals surface area contributed by atoms with Gasteiger partial charge in [0.25, 0.3) is 11.6 Å². The monoisotopic (exact) mass is 283 g/mol. The molecule has 0 aliphatic carbocycles. The molecular weight excluding hydrogens is 270 g/mol. The second-order valence-corrected chi connectivity index (χ2v) is 4.96. The van der Waals surface area contributed by atoms with Crippen LogP contribution in [0.1, 0.15) is 17.3 Å². The zero-order valence-corrected chi connectivity index (χ0v) is 11.2. The number of hydrogen-bond acceptors (Lipinski definition) is 4. The summed E-state index contributed by atoms with van der Waals surface area (Å²) in [7, 11) is 0. The Bertz CT molecular complexity index is 521. The van der Waals surface area contributed by atoms with Gasteiger partial charge in [-0.3, -0.25) is 14.9 Å². The Labute approximate surface area is 115 Å². The van der Waals surface area contributed by atoms with Gasteiger partial charge in [-0.15, -0.1) is 0 Å². The molecule has 1 atom stereocenters. The van der Waals surface area contributed by atoms with Crippen molar-refractivity contribution in [2.45, 2.75) is 13.0 Å². The van der Waals surface area contributed by atoms with Gasteiger partial charge < -0.3 is 10.2 Å². The number of nitro groups is 1. The average molecular weight is 284 g/mol. The minimum absolute atomic E-state index is 0.0866. The van der Waals surface area contributed by atoms with Gasteiger partial charge in [0.05, 0.1) is 4.92 Å². The average Bonchev–Trinajstić information content (AvgIpc) is 2.37. The van der Waals surface area contributed by atoms with Crippen LogP contribution in [0.25, 0.3) is 0 Å². The number of nitrogens with one attached hydrogen (secondary N) is 1. The molecular formula is C12H14ClN3O3.